The maximum Gasteiger partial charge on any atom is 0.211 e. The molecule has 6 rings (SSSR count). The van der Waals surface area contributed by atoms with E-state index in [1.165, 1.54) is 17.4 Å². The highest BCUT2D eigenvalue weighted by Crippen LogP contribution is 2.33. The first-order chi connectivity index (χ1) is 20.7. The fourth-order valence-corrected chi connectivity index (χ4v) is 7.32. The molecule has 0 saturated carbocycles. The largest absolute Gasteiger partial charge is 0.379 e. The summed E-state index contributed by atoms with van der Waals surface area (Å²) in [6.45, 7) is 9.25. The zero-order valence-corrected chi connectivity index (χ0v) is 26.8. The lowest BCUT2D eigenvalue weighted by Gasteiger charge is -2.33. The molecule has 10 heteroatoms. The molecule has 4 heterocycles. The summed E-state index contributed by atoms with van der Waals surface area (Å²) in [6.07, 6.45) is 3.94. The van der Waals surface area contributed by atoms with E-state index in [0.717, 1.165) is 92.4 Å². The molecule has 0 spiro atoms. The topological polar surface area (TPSA) is 70.9 Å². The summed E-state index contributed by atoms with van der Waals surface area (Å²) >= 11 is 6.63. The highest BCUT2D eigenvalue weighted by atomic mass is 35.5. The van der Waals surface area contributed by atoms with Crippen LogP contribution in [-0.2, 0) is 47.2 Å². The molecule has 0 radical (unpaired) electrons. The smallest absolute Gasteiger partial charge is 0.211 e. The third kappa shape index (κ3) is 6.85. The molecule has 0 unspecified atom stereocenters. The van der Waals surface area contributed by atoms with Gasteiger partial charge in [0, 0.05) is 86.2 Å². The van der Waals surface area contributed by atoms with E-state index >= 15 is 0 Å². The second kappa shape index (κ2) is 12.7. The molecule has 1 fully saturated rings. The van der Waals surface area contributed by atoms with Gasteiger partial charge in [-0.25, -0.2) is 8.42 Å². The number of sulfonamides is 1. The van der Waals surface area contributed by atoms with Crippen LogP contribution in [0.25, 0.3) is 11.3 Å². The van der Waals surface area contributed by atoms with Gasteiger partial charge in [0.2, 0.25) is 10.0 Å². The van der Waals surface area contributed by atoms with Crippen molar-refractivity contribution in [1.82, 2.24) is 23.9 Å². The zero-order chi connectivity index (χ0) is 30.1. The van der Waals surface area contributed by atoms with Gasteiger partial charge >= 0.3 is 0 Å². The Morgan fingerprint density at radius 1 is 1.02 bits per heavy atom. The van der Waals surface area contributed by atoms with E-state index in [1.807, 2.05) is 18.2 Å². The number of likely N-dealkylation sites (N-methyl/N-ethyl adjacent to an activating group) is 1. The first-order valence-electron chi connectivity index (χ1n) is 15.1. The van der Waals surface area contributed by atoms with Crippen molar-refractivity contribution in [2.45, 2.75) is 51.9 Å². The van der Waals surface area contributed by atoms with E-state index < -0.39 is 10.0 Å². The van der Waals surface area contributed by atoms with Gasteiger partial charge in [0.15, 0.2) is 0 Å². The van der Waals surface area contributed by atoms with Gasteiger partial charge in [-0.1, -0.05) is 35.6 Å². The van der Waals surface area contributed by atoms with E-state index in [2.05, 4.69) is 58.5 Å². The van der Waals surface area contributed by atoms with Crippen LogP contribution in [0, 0.1) is 11.8 Å². The molecular formula is C33H40ClN5O3S. The van der Waals surface area contributed by atoms with Crippen molar-refractivity contribution in [3.8, 4) is 23.1 Å². The summed E-state index contributed by atoms with van der Waals surface area (Å²) in [5.41, 5.74) is 8.21. The highest BCUT2D eigenvalue weighted by molar-refractivity contribution is 7.88. The lowest BCUT2D eigenvalue weighted by molar-refractivity contribution is -0.00122. The Labute approximate surface area is 260 Å². The molecule has 1 atom stereocenters. The molecular weight excluding hydrogens is 582 g/mol. The fraction of sp³-hybridized carbons (Fsp3) is 0.485. The van der Waals surface area contributed by atoms with Crippen molar-refractivity contribution in [3.63, 3.8) is 0 Å². The lowest BCUT2D eigenvalue weighted by Crippen LogP contribution is -2.44. The summed E-state index contributed by atoms with van der Waals surface area (Å²) in [4.78, 5) is 4.80. The van der Waals surface area contributed by atoms with Gasteiger partial charge in [-0.05, 0) is 62.2 Å². The molecule has 0 N–H and O–H groups in total. The summed E-state index contributed by atoms with van der Waals surface area (Å²) in [7, 11) is -1.18. The molecule has 1 saturated heterocycles. The van der Waals surface area contributed by atoms with Gasteiger partial charge < -0.3 is 9.64 Å². The Morgan fingerprint density at radius 2 is 1.88 bits per heavy atom. The van der Waals surface area contributed by atoms with Gasteiger partial charge in [0.1, 0.15) is 0 Å². The number of rotatable bonds is 6. The van der Waals surface area contributed by atoms with Gasteiger partial charge in [-0.2, -0.15) is 9.40 Å². The molecule has 3 aromatic rings. The standard InChI is InChI=1S/C33H40ClN5O3S/c1-24-23-42-18-17-37(24)13-4-14-39-32-12-16-38(43(3,40)41)22-30(32)33(35-39)28-9-10-31(34)27(20-28)8-6-25-5-7-26-11-15-36(2)21-29(26)19-25/h5,7,9-10,19-20,24H,4,11-18,21-23H2,1-3H3/t24-/m0/s1. The number of hydrogen-bond donors (Lipinski definition) is 0. The third-order valence-electron chi connectivity index (χ3n) is 8.88. The molecule has 2 aromatic carbocycles. The number of nitrogens with zero attached hydrogens (tertiary/aromatic N) is 5. The Hall–Kier alpha value is -2.71. The van der Waals surface area contributed by atoms with Crippen molar-refractivity contribution in [2.24, 2.45) is 0 Å². The minimum atomic E-state index is -3.33. The summed E-state index contributed by atoms with van der Waals surface area (Å²) in [5.74, 6) is 6.62. The van der Waals surface area contributed by atoms with Crippen LogP contribution < -0.4 is 0 Å². The molecule has 3 aliphatic heterocycles. The quantitative estimate of drug-likeness (QED) is 0.388. The Kier molecular flexibility index (Phi) is 8.97. The first-order valence-corrected chi connectivity index (χ1v) is 17.4. The summed E-state index contributed by atoms with van der Waals surface area (Å²) in [6, 6.07) is 12.7. The van der Waals surface area contributed by atoms with Crippen LogP contribution in [0.2, 0.25) is 5.02 Å². The molecule has 0 amide bonds. The summed E-state index contributed by atoms with van der Waals surface area (Å²) in [5, 5.41) is 5.66. The van der Waals surface area contributed by atoms with E-state index in [9.17, 15) is 8.42 Å². The van der Waals surface area contributed by atoms with Crippen LogP contribution in [0.3, 0.4) is 0 Å². The number of aryl methyl sites for hydroxylation is 1. The number of halogens is 1. The minimum Gasteiger partial charge on any atom is -0.379 e. The fourth-order valence-electron chi connectivity index (χ4n) is 6.37. The molecule has 1 aromatic heterocycles. The van der Waals surface area contributed by atoms with E-state index in [0.29, 0.717) is 30.6 Å². The molecule has 43 heavy (non-hydrogen) atoms. The number of hydrogen-bond acceptors (Lipinski definition) is 6. The van der Waals surface area contributed by atoms with Crippen LogP contribution in [0.15, 0.2) is 36.4 Å². The molecule has 0 aliphatic carbocycles. The van der Waals surface area contributed by atoms with Crippen LogP contribution in [-0.4, -0.2) is 91.0 Å². The van der Waals surface area contributed by atoms with Crippen molar-refractivity contribution in [1.29, 1.82) is 0 Å². The maximum absolute atomic E-state index is 12.5. The Morgan fingerprint density at radius 3 is 2.70 bits per heavy atom. The van der Waals surface area contributed by atoms with Gasteiger partial charge in [0.05, 0.1) is 30.2 Å². The average molecular weight is 622 g/mol. The van der Waals surface area contributed by atoms with Crippen LogP contribution in [0.4, 0.5) is 0 Å². The minimum absolute atomic E-state index is 0.317. The highest BCUT2D eigenvalue weighted by Gasteiger charge is 2.30. The second-order valence-corrected chi connectivity index (χ2v) is 14.5. The zero-order valence-electron chi connectivity index (χ0n) is 25.3. The summed E-state index contributed by atoms with van der Waals surface area (Å²) < 4.78 is 34.2. The first kappa shape index (κ1) is 30.3. The van der Waals surface area contributed by atoms with E-state index in [4.69, 9.17) is 21.4 Å². The average Bonchev–Trinajstić information content (AvgIpc) is 3.35. The number of benzene rings is 2. The maximum atomic E-state index is 12.5. The predicted octanol–water partition coefficient (Wildman–Crippen LogP) is 4.02. The van der Waals surface area contributed by atoms with Gasteiger partial charge in [0.25, 0.3) is 0 Å². The molecule has 228 valence electrons. The number of fused-ring (bicyclic) bond motifs is 2. The SMILES string of the molecule is C[C@H]1COCCN1CCCn1nc(-c2ccc(Cl)c(C#Cc3ccc4c(c3)CN(C)CC4)c2)c2c1CCN(S(C)(=O)=O)C2. The lowest BCUT2D eigenvalue weighted by atomic mass is 9.97. The molecule has 0 bridgehead atoms. The third-order valence-corrected chi connectivity index (χ3v) is 10.5. The number of morpholine rings is 1. The molecule has 3 aliphatic rings. The second-order valence-electron chi connectivity index (χ2n) is 12.1. The van der Waals surface area contributed by atoms with Crippen molar-refractivity contribution >= 4 is 21.6 Å². The Bertz CT molecular complexity index is 1680. The van der Waals surface area contributed by atoms with E-state index in [-0.39, 0.29) is 0 Å². The Balaban J connectivity index is 1.29. The number of aromatic nitrogens is 2. The normalized spacial score (nSPS) is 19.9. The van der Waals surface area contributed by atoms with Crippen LogP contribution >= 0.6 is 11.6 Å². The number of ether oxygens (including phenoxy) is 1. The predicted molar refractivity (Wildman–Crippen MR) is 171 cm³/mol. The van der Waals surface area contributed by atoms with Crippen molar-refractivity contribution in [2.75, 3.05) is 52.7 Å². The monoisotopic (exact) mass is 621 g/mol. The van der Waals surface area contributed by atoms with E-state index in [1.54, 1.807) is 4.31 Å². The van der Waals surface area contributed by atoms with Crippen molar-refractivity contribution in [3.05, 3.63) is 74.9 Å². The van der Waals surface area contributed by atoms with Crippen LogP contribution in [0.5, 0.6) is 0 Å². The van der Waals surface area contributed by atoms with Gasteiger partial charge in [-0.15, -0.1) is 0 Å². The van der Waals surface area contributed by atoms with Gasteiger partial charge in [-0.3, -0.25) is 9.58 Å². The van der Waals surface area contributed by atoms with Crippen molar-refractivity contribution < 1.29 is 13.2 Å². The molecule has 8 nitrogen and oxygen atoms in total. The van der Waals surface area contributed by atoms with Crippen LogP contribution in [0.1, 0.15) is 46.9 Å².